The van der Waals surface area contributed by atoms with Crippen molar-refractivity contribution in [3.05, 3.63) is 12.1 Å². The Hall–Kier alpha value is -1.49. The summed E-state index contributed by atoms with van der Waals surface area (Å²) in [6, 6.07) is 3.97. The van der Waals surface area contributed by atoms with Crippen molar-refractivity contribution in [2.75, 3.05) is 81.1 Å². The lowest BCUT2D eigenvalue weighted by molar-refractivity contribution is 0.188. The number of aliphatic hydroxyl groups excluding tert-OH is 1. The maximum atomic E-state index is 12.3. The monoisotopic (exact) mass is 412 g/mol. The molecule has 0 aliphatic carbocycles. The zero-order valence-corrected chi connectivity index (χ0v) is 17.5. The summed E-state index contributed by atoms with van der Waals surface area (Å²) >= 11 is 0. The minimum absolute atomic E-state index is 0.196. The third-order valence-electron chi connectivity index (χ3n) is 5.46. The van der Waals surface area contributed by atoms with Gasteiger partial charge in [-0.05, 0) is 18.6 Å². The first-order chi connectivity index (χ1) is 13.5. The number of unbranched alkanes of at least 4 members (excludes halogenated alkanes) is 1. The van der Waals surface area contributed by atoms with Crippen molar-refractivity contribution in [3.63, 3.8) is 0 Å². The van der Waals surface area contributed by atoms with Gasteiger partial charge in [0.25, 0.3) is 0 Å². The van der Waals surface area contributed by atoms with Crippen molar-refractivity contribution < 1.29 is 13.5 Å². The molecule has 2 aliphatic rings. The number of anilines is 2. The van der Waals surface area contributed by atoms with Gasteiger partial charge in [-0.2, -0.15) is 4.31 Å². The van der Waals surface area contributed by atoms with Crippen molar-refractivity contribution in [1.82, 2.24) is 19.4 Å². The third kappa shape index (κ3) is 5.31. The van der Waals surface area contributed by atoms with Crippen LogP contribution in [0.4, 0.5) is 11.6 Å². The molecule has 1 aromatic heterocycles. The Morgan fingerprint density at radius 2 is 1.46 bits per heavy atom. The van der Waals surface area contributed by atoms with Gasteiger partial charge in [-0.3, -0.25) is 4.90 Å². The second-order valence-corrected chi connectivity index (χ2v) is 9.45. The van der Waals surface area contributed by atoms with E-state index in [1.165, 1.54) is 0 Å². The summed E-state index contributed by atoms with van der Waals surface area (Å²) in [6.07, 6.45) is 1.60. The number of nitrogens with zero attached hydrogens (tertiary/aromatic N) is 6. The molecule has 0 atom stereocenters. The van der Waals surface area contributed by atoms with E-state index in [1.54, 1.807) is 4.31 Å². The van der Waals surface area contributed by atoms with E-state index in [1.807, 2.05) is 19.1 Å². The van der Waals surface area contributed by atoms with Crippen molar-refractivity contribution in [2.45, 2.75) is 19.8 Å². The highest BCUT2D eigenvalue weighted by Crippen LogP contribution is 2.19. The van der Waals surface area contributed by atoms with Gasteiger partial charge in [0.1, 0.15) is 0 Å². The zero-order chi connectivity index (χ0) is 20.0. The number of β-amino-alcohol motifs (C(OH)–C–C–N with tert-alkyl or cyclic N) is 1. The number of aliphatic hydroxyl groups is 1. The first-order valence-electron chi connectivity index (χ1n) is 10.2. The number of rotatable bonds is 8. The number of aromatic nitrogens is 2. The fourth-order valence-corrected chi connectivity index (χ4v) is 5.28. The van der Waals surface area contributed by atoms with Crippen LogP contribution in [0.3, 0.4) is 0 Å². The molecule has 2 aliphatic heterocycles. The highest BCUT2D eigenvalue weighted by Gasteiger charge is 2.27. The molecule has 0 radical (unpaired) electrons. The van der Waals surface area contributed by atoms with Gasteiger partial charge in [0, 0.05) is 58.9 Å². The molecular weight excluding hydrogens is 380 g/mol. The molecule has 1 aromatic rings. The number of hydrogen-bond acceptors (Lipinski definition) is 8. The normalized spacial score (nSPS) is 19.9. The Balaban J connectivity index is 1.51. The summed E-state index contributed by atoms with van der Waals surface area (Å²) in [5.41, 5.74) is 0. The zero-order valence-electron chi connectivity index (χ0n) is 16.7. The predicted octanol–water partition coefficient (Wildman–Crippen LogP) is -0.157. The minimum atomic E-state index is -3.14. The molecule has 1 N–H and O–H groups in total. The Morgan fingerprint density at radius 3 is 1.93 bits per heavy atom. The van der Waals surface area contributed by atoms with Crippen LogP contribution in [0.5, 0.6) is 0 Å². The average molecular weight is 413 g/mol. The van der Waals surface area contributed by atoms with Crippen molar-refractivity contribution in [3.8, 4) is 0 Å². The van der Waals surface area contributed by atoms with E-state index in [4.69, 9.17) is 5.11 Å². The molecule has 10 heteroatoms. The van der Waals surface area contributed by atoms with E-state index in [2.05, 4.69) is 24.9 Å². The van der Waals surface area contributed by atoms with E-state index in [0.717, 1.165) is 50.8 Å². The number of sulfonamides is 1. The maximum Gasteiger partial charge on any atom is 0.214 e. The molecular formula is C18H32N6O3S. The highest BCUT2D eigenvalue weighted by molar-refractivity contribution is 7.89. The van der Waals surface area contributed by atoms with Gasteiger partial charge >= 0.3 is 0 Å². The van der Waals surface area contributed by atoms with Crippen LogP contribution in [0, 0.1) is 0 Å². The van der Waals surface area contributed by atoms with Crippen LogP contribution in [0.1, 0.15) is 19.8 Å². The molecule has 2 fully saturated rings. The average Bonchev–Trinajstić information content (AvgIpc) is 2.73. The first kappa shape index (κ1) is 21.2. The topological polar surface area (TPSA) is 93.1 Å². The smallest absolute Gasteiger partial charge is 0.214 e. The molecule has 3 heterocycles. The SMILES string of the molecule is CCCCS(=O)(=O)N1CCN(c2ccc(N3CCN(CCO)CC3)nn2)CC1. The molecule has 2 saturated heterocycles. The van der Waals surface area contributed by atoms with E-state index in [-0.39, 0.29) is 12.4 Å². The number of piperazine rings is 2. The molecule has 0 bridgehead atoms. The standard InChI is InChI=1S/C18H32N6O3S/c1-2-3-16-28(26,27)24-12-10-23(11-13-24)18-5-4-17(19-20-18)22-8-6-21(7-9-22)14-15-25/h4-5,25H,2-3,6-16H2,1H3. The molecule has 0 aromatic carbocycles. The molecule has 0 unspecified atom stereocenters. The van der Waals surface area contributed by atoms with Crippen molar-refractivity contribution in [1.29, 1.82) is 0 Å². The first-order valence-corrected chi connectivity index (χ1v) is 11.8. The second kappa shape index (κ2) is 9.82. The lowest BCUT2D eigenvalue weighted by Gasteiger charge is -2.36. The van der Waals surface area contributed by atoms with E-state index in [0.29, 0.717) is 32.6 Å². The van der Waals surface area contributed by atoms with Gasteiger partial charge in [-0.25, -0.2) is 8.42 Å². The molecule has 28 heavy (non-hydrogen) atoms. The fourth-order valence-electron chi connectivity index (χ4n) is 3.65. The molecule has 0 saturated carbocycles. The van der Waals surface area contributed by atoms with Crippen LogP contribution < -0.4 is 9.80 Å². The largest absolute Gasteiger partial charge is 0.395 e. The lowest BCUT2D eigenvalue weighted by Crippen LogP contribution is -2.49. The molecule has 0 amide bonds. The summed E-state index contributed by atoms with van der Waals surface area (Å²) < 4.78 is 26.3. The fraction of sp³-hybridized carbons (Fsp3) is 0.778. The summed E-state index contributed by atoms with van der Waals surface area (Å²) in [6.45, 7) is 8.79. The Kier molecular flexibility index (Phi) is 7.44. The van der Waals surface area contributed by atoms with E-state index in [9.17, 15) is 8.42 Å². The van der Waals surface area contributed by atoms with E-state index >= 15 is 0 Å². The second-order valence-electron chi connectivity index (χ2n) is 7.36. The van der Waals surface area contributed by atoms with Gasteiger partial charge in [0.15, 0.2) is 11.6 Å². The molecule has 9 nitrogen and oxygen atoms in total. The van der Waals surface area contributed by atoms with Crippen LogP contribution in [0.25, 0.3) is 0 Å². The Morgan fingerprint density at radius 1 is 0.929 bits per heavy atom. The number of hydrogen-bond donors (Lipinski definition) is 1. The van der Waals surface area contributed by atoms with E-state index < -0.39 is 10.0 Å². The Labute approximate surface area is 168 Å². The summed E-state index contributed by atoms with van der Waals surface area (Å²) in [7, 11) is -3.14. The lowest BCUT2D eigenvalue weighted by atomic mass is 10.3. The quantitative estimate of drug-likeness (QED) is 0.630. The highest BCUT2D eigenvalue weighted by atomic mass is 32.2. The van der Waals surface area contributed by atoms with Crippen molar-refractivity contribution >= 4 is 21.7 Å². The van der Waals surface area contributed by atoms with Gasteiger partial charge in [0.2, 0.25) is 10.0 Å². The summed E-state index contributed by atoms with van der Waals surface area (Å²) in [4.78, 5) is 6.55. The van der Waals surface area contributed by atoms with Gasteiger partial charge in [-0.15, -0.1) is 10.2 Å². The van der Waals surface area contributed by atoms with Crippen LogP contribution >= 0.6 is 0 Å². The van der Waals surface area contributed by atoms with Crippen LogP contribution in [0.2, 0.25) is 0 Å². The predicted molar refractivity (Wildman–Crippen MR) is 110 cm³/mol. The van der Waals surface area contributed by atoms with Gasteiger partial charge in [0.05, 0.1) is 12.4 Å². The summed E-state index contributed by atoms with van der Waals surface area (Å²) in [5.74, 6) is 1.91. The molecule has 0 spiro atoms. The summed E-state index contributed by atoms with van der Waals surface area (Å²) in [5, 5.41) is 17.8. The van der Waals surface area contributed by atoms with Gasteiger partial charge in [-0.1, -0.05) is 13.3 Å². The van der Waals surface area contributed by atoms with Gasteiger partial charge < -0.3 is 14.9 Å². The Bertz CT molecular complexity index is 699. The maximum absolute atomic E-state index is 12.3. The minimum Gasteiger partial charge on any atom is -0.395 e. The third-order valence-corrected chi connectivity index (χ3v) is 7.42. The van der Waals surface area contributed by atoms with Crippen molar-refractivity contribution in [2.24, 2.45) is 0 Å². The molecule has 3 rings (SSSR count). The van der Waals surface area contributed by atoms with Crippen LogP contribution in [-0.2, 0) is 10.0 Å². The molecule has 158 valence electrons. The van der Waals surface area contributed by atoms with Crippen LogP contribution in [0.15, 0.2) is 12.1 Å². The van der Waals surface area contributed by atoms with Crippen LogP contribution in [-0.4, -0.2) is 104 Å².